The van der Waals surface area contributed by atoms with Crippen LogP contribution in [-0.4, -0.2) is 54.4 Å². The average molecular weight is 215 g/mol. The second-order valence-corrected chi connectivity index (χ2v) is 4.25. The zero-order valence-electron chi connectivity index (χ0n) is 9.55. The molecule has 1 rings (SSSR count). The summed E-state index contributed by atoms with van der Waals surface area (Å²) in [5.41, 5.74) is -0.646. The predicted molar refractivity (Wildman–Crippen MR) is 58.8 cm³/mol. The Hall–Kier alpha value is -0.810. The van der Waals surface area contributed by atoms with E-state index >= 15 is 0 Å². The molecule has 3 N–H and O–H groups in total. The average Bonchev–Trinajstić information content (AvgIpc) is 2.59. The van der Waals surface area contributed by atoms with Crippen molar-refractivity contribution in [1.29, 1.82) is 0 Å². The van der Waals surface area contributed by atoms with Crippen molar-refractivity contribution in [3.63, 3.8) is 0 Å². The molecule has 88 valence electrons. The van der Waals surface area contributed by atoms with E-state index in [1.165, 1.54) is 0 Å². The van der Waals surface area contributed by atoms with Gasteiger partial charge < -0.3 is 20.6 Å². The van der Waals surface area contributed by atoms with Crippen molar-refractivity contribution < 1.29 is 9.90 Å². The van der Waals surface area contributed by atoms with E-state index in [4.69, 9.17) is 0 Å². The monoisotopic (exact) mass is 215 g/mol. The Morgan fingerprint density at radius 2 is 2.40 bits per heavy atom. The summed E-state index contributed by atoms with van der Waals surface area (Å²) in [4.78, 5) is 12.9. The number of nitrogens with one attached hydrogen (secondary N) is 2. The van der Waals surface area contributed by atoms with Gasteiger partial charge in [0.05, 0.1) is 5.60 Å². The third-order valence-electron chi connectivity index (χ3n) is 2.77. The summed E-state index contributed by atoms with van der Waals surface area (Å²) >= 11 is 0. The van der Waals surface area contributed by atoms with Crippen LogP contribution in [0.3, 0.4) is 0 Å². The fraction of sp³-hybridized carbons (Fsp3) is 0.900. The van der Waals surface area contributed by atoms with Gasteiger partial charge in [-0.2, -0.15) is 0 Å². The van der Waals surface area contributed by atoms with Gasteiger partial charge in [-0.3, -0.25) is 0 Å². The minimum Gasteiger partial charge on any atom is -0.389 e. The molecule has 2 amide bonds. The summed E-state index contributed by atoms with van der Waals surface area (Å²) in [6.45, 7) is 7.28. The van der Waals surface area contributed by atoms with Gasteiger partial charge in [0.2, 0.25) is 0 Å². The largest absolute Gasteiger partial charge is 0.389 e. The van der Waals surface area contributed by atoms with Crippen molar-refractivity contribution in [3.05, 3.63) is 0 Å². The number of carbonyl (C=O) groups is 1. The molecule has 1 aliphatic rings. The Balaban J connectivity index is 2.09. The Bertz CT molecular complexity index is 219. The third-order valence-corrected chi connectivity index (χ3v) is 2.77. The van der Waals surface area contributed by atoms with Crippen LogP contribution < -0.4 is 10.6 Å². The first-order valence-electron chi connectivity index (χ1n) is 5.51. The molecule has 1 saturated heterocycles. The maximum Gasteiger partial charge on any atom is 0.317 e. The van der Waals surface area contributed by atoms with Gasteiger partial charge in [-0.25, -0.2) is 4.79 Å². The van der Waals surface area contributed by atoms with Crippen LogP contribution in [0.1, 0.15) is 20.3 Å². The fourth-order valence-electron chi connectivity index (χ4n) is 1.42. The summed E-state index contributed by atoms with van der Waals surface area (Å²) in [6.07, 6.45) is 0.726. The Morgan fingerprint density at radius 3 is 2.93 bits per heavy atom. The van der Waals surface area contributed by atoms with Crippen LogP contribution in [0.2, 0.25) is 0 Å². The van der Waals surface area contributed by atoms with Gasteiger partial charge in [0.1, 0.15) is 0 Å². The lowest BCUT2D eigenvalue weighted by atomic mass is 10.0. The molecule has 0 spiro atoms. The standard InChI is InChI=1S/C10H21N3O2/c1-3-10(2,15)8-11-4-6-13-7-5-12-9(13)14/h11,15H,3-8H2,1-2H3,(H,12,14). The molecule has 5 heteroatoms. The van der Waals surface area contributed by atoms with Gasteiger partial charge in [0.15, 0.2) is 0 Å². The molecule has 0 aromatic rings. The highest BCUT2D eigenvalue weighted by Crippen LogP contribution is 2.05. The van der Waals surface area contributed by atoms with Crippen molar-refractivity contribution in [1.82, 2.24) is 15.5 Å². The highest BCUT2D eigenvalue weighted by atomic mass is 16.3. The number of nitrogens with zero attached hydrogens (tertiary/aromatic N) is 1. The summed E-state index contributed by atoms with van der Waals surface area (Å²) < 4.78 is 0. The highest BCUT2D eigenvalue weighted by molar-refractivity contribution is 5.76. The van der Waals surface area contributed by atoms with E-state index in [9.17, 15) is 9.90 Å². The summed E-state index contributed by atoms with van der Waals surface area (Å²) in [5.74, 6) is 0. The molecule has 0 aromatic heterocycles. The number of aliphatic hydroxyl groups is 1. The van der Waals surface area contributed by atoms with Crippen LogP contribution in [0.5, 0.6) is 0 Å². The first-order chi connectivity index (χ1) is 7.05. The number of hydrogen-bond donors (Lipinski definition) is 3. The lowest BCUT2D eigenvalue weighted by Gasteiger charge is -2.22. The summed E-state index contributed by atoms with van der Waals surface area (Å²) in [6, 6.07) is 0.0130. The van der Waals surface area contributed by atoms with Gasteiger partial charge in [0.25, 0.3) is 0 Å². The number of carbonyl (C=O) groups excluding carboxylic acids is 1. The second kappa shape index (κ2) is 5.32. The molecule has 1 aliphatic heterocycles. The second-order valence-electron chi connectivity index (χ2n) is 4.25. The zero-order valence-corrected chi connectivity index (χ0v) is 9.55. The van der Waals surface area contributed by atoms with E-state index in [-0.39, 0.29) is 6.03 Å². The smallest absolute Gasteiger partial charge is 0.317 e. The van der Waals surface area contributed by atoms with Crippen LogP contribution in [0.15, 0.2) is 0 Å². The van der Waals surface area contributed by atoms with Crippen LogP contribution in [0, 0.1) is 0 Å². The maximum atomic E-state index is 11.2. The number of amides is 2. The summed E-state index contributed by atoms with van der Waals surface area (Å²) in [5, 5.41) is 15.6. The Morgan fingerprint density at radius 1 is 1.67 bits per heavy atom. The van der Waals surface area contributed by atoms with E-state index in [1.807, 2.05) is 13.8 Å². The Labute approximate surface area is 90.8 Å². The number of rotatable bonds is 6. The van der Waals surface area contributed by atoms with E-state index in [0.717, 1.165) is 26.1 Å². The topological polar surface area (TPSA) is 64.6 Å². The minimum atomic E-state index is -0.646. The highest BCUT2D eigenvalue weighted by Gasteiger charge is 2.19. The first kappa shape index (κ1) is 12.3. The molecule has 0 aliphatic carbocycles. The molecular formula is C10H21N3O2. The molecular weight excluding hydrogens is 194 g/mol. The molecule has 0 aromatic carbocycles. The van der Waals surface area contributed by atoms with Gasteiger partial charge in [-0.05, 0) is 13.3 Å². The molecule has 15 heavy (non-hydrogen) atoms. The lowest BCUT2D eigenvalue weighted by molar-refractivity contribution is 0.0557. The van der Waals surface area contributed by atoms with E-state index in [2.05, 4.69) is 10.6 Å². The number of urea groups is 1. The minimum absolute atomic E-state index is 0.0130. The van der Waals surface area contributed by atoms with Crippen molar-refractivity contribution >= 4 is 6.03 Å². The van der Waals surface area contributed by atoms with Gasteiger partial charge in [-0.1, -0.05) is 6.92 Å². The van der Waals surface area contributed by atoms with Crippen LogP contribution in [-0.2, 0) is 0 Å². The quantitative estimate of drug-likeness (QED) is 0.536. The van der Waals surface area contributed by atoms with Gasteiger partial charge in [-0.15, -0.1) is 0 Å². The van der Waals surface area contributed by atoms with Crippen molar-refractivity contribution in [3.8, 4) is 0 Å². The summed E-state index contributed by atoms with van der Waals surface area (Å²) in [7, 11) is 0. The molecule has 1 heterocycles. The molecule has 1 fully saturated rings. The fourth-order valence-corrected chi connectivity index (χ4v) is 1.42. The first-order valence-corrected chi connectivity index (χ1v) is 5.51. The Kier molecular flexibility index (Phi) is 4.35. The van der Waals surface area contributed by atoms with Crippen LogP contribution in [0.4, 0.5) is 4.79 Å². The van der Waals surface area contributed by atoms with E-state index in [0.29, 0.717) is 13.1 Å². The van der Waals surface area contributed by atoms with E-state index < -0.39 is 5.60 Å². The van der Waals surface area contributed by atoms with E-state index in [1.54, 1.807) is 4.90 Å². The molecule has 0 bridgehead atoms. The van der Waals surface area contributed by atoms with Crippen molar-refractivity contribution in [2.45, 2.75) is 25.9 Å². The molecule has 5 nitrogen and oxygen atoms in total. The molecule has 0 radical (unpaired) electrons. The van der Waals surface area contributed by atoms with Crippen LogP contribution >= 0.6 is 0 Å². The molecule has 0 saturated carbocycles. The maximum absolute atomic E-state index is 11.2. The zero-order chi connectivity index (χ0) is 11.3. The lowest BCUT2D eigenvalue weighted by Crippen LogP contribution is -2.41. The molecule has 1 unspecified atom stereocenters. The number of hydrogen-bond acceptors (Lipinski definition) is 3. The third kappa shape index (κ3) is 4.05. The van der Waals surface area contributed by atoms with Gasteiger partial charge in [0, 0.05) is 32.7 Å². The molecule has 1 atom stereocenters. The van der Waals surface area contributed by atoms with Gasteiger partial charge >= 0.3 is 6.03 Å². The van der Waals surface area contributed by atoms with Crippen molar-refractivity contribution in [2.75, 3.05) is 32.7 Å². The predicted octanol–water partition coefficient (Wildman–Crippen LogP) is -0.238. The van der Waals surface area contributed by atoms with Crippen LogP contribution in [0.25, 0.3) is 0 Å². The van der Waals surface area contributed by atoms with Crippen molar-refractivity contribution in [2.24, 2.45) is 0 Å². The normalized spacial score (nSPS) is 20.2. The SMILES string of the molecule is CCC(C)(O)CNCCN1CCNC1=O.